The molecule has 0 spiro atoms. The molecule has 0 saturated carbocycles. The van der Waals surface area contributed by atoms with Gasteiger partial charge in [-0.25, -0.2) is 4.39 Å². The minimum absolute atomic E-state index is 0.103. The summed E-state index contributed by atoms with van der Waals surface area (Å²) in [4.78, 5) is 15.3. The zero-order valence-corrected chi connectivity index (χ0v) is 12.7. The van der Waals surface area contributed by atoms with Crippen LogP contribution in [0.2, 0.25) is 0 Å². The lowest BCUT2D eigenvalue weighted by Gasteiger charge is -2.09. The highest BCUT2D eigenvalue weighted by molar-refractivity contribution is 5.85. The van der Waals surface area contributed by atoms with Gasteiger partial charge >= 0.3 is 5.97 Å². The van der Waals surface area contributed by atoms with Crippen LogP contribution >= 0.6 is 0 Å². The van der Waals surface area contributed by atoms with Crippen molar-refractivity contribution in [1.82, 2.24) is 4.98 Å². The number of fused-ring (bicyclic) bond motifs is 1. The summed E-state index contributed by atoms with van der Waals surface area (Å²) in [6.45, 7) is 1.89. The third-order valence-corrected chi connectivity index (χ3v) is 3.84. The Kier molecular flexibility index (Phi) is 4.06. The number of rotatable bonds is 4. The van der Waals surface area contributed by atoms with Gasteiger partial charge in [0, 0.05) is 23.1 Å². The third kappa shape index (κ3) is 3.37. The Labute approximate surface area is 133 Å². The molecule has 3 rings (SSSR count). The Hall–Kier alpha value is -2.75. The summed E-state index contributed by atoms with van der Waals surface area (Å²) in [5.41, 5.74) is 4.29. The molecule has 0 aliphatic rings. The fourth-order valence-electron chi connectivity index (χ4n) is 2.66. The molecule has 0 saturated heterocycles. The molecule has 23 heavy (non-hydrogen) atoms. The lowest BCUT2D eigenvalue weighted by molar-refractivity contribution is -0.136. The fourth-order valence-corrected chi connectivity index (χ4v) is 2.66. The maximum atomic E-state index is 13.4. The van der Waals surface area contributed by atoms with Crippen molar-refractivity contribution in [3.05, 3.63) is 65.6 Å². The van der Waals surface area contributed by atoms with E-state index < -0.39 is 5.97 Å². The monoisotopic (exact) mass is 309 g/mol. The molecule has 0 unspecified atom stereocenters. The summed E-state index contributed by atoms with van der Waals surface area (Å²) in [6, 6.07) is 14.2. The van der Waals surface area contributed by atoms with Crippen LogP contribution in [0.3, 0.4) is 0 Å². The second-order valence-electron chi connectivity index (χ2n) is 5.55. The maximum absolute atomic E-state index is 13.4. The van der Waals surface area contributed by atoms with Crippen molar-refractivity contribution in [2.75, 3.05) is 0 Å². The normalized spacial score (nSPS) is 10.9. The SMILES string of the molecule is Cc1nc2cc(CCC(=O)O)ccc2cc1-c1cccc(F)c1. The summed E-state index contributed by atoms with van der Waals surface area (Å²) in [5.74, 6) is -1.08. The summed E-state index contributed by atoms with van der Waals surface area (Å²) in [5, 5.41) is 9.72. The largest absolute Gasteiger partial charge is 0.481 e. The number of carboxylic acid groups (broad SMARTS) is 1. The molecule has 116 valence electrons. The third-order valence-electron chi connectivity index (χ3n) is 3.84. The number of pyridine rings is 1. The molecule has 0 amide bonds. The van der Waals surface area contributed by atoms with Crippen molar-refractivity contribution in [1.29, 1.82) is 0 Å². The maximum Gasteiger partial charge on any atom is 0.303 e. The molecular weight excluding hydrogens is 293 g/mol. The van der Waals surface area contributed by atoms with Gasteiger partial charge in [-0.05, 0) is 48.7 Å². The molecule has 0 aliphatic carbocycles. The number of aryl methyl sites for hydroxylation is 2. The number of aliphatic carboxylic acids is 1. The molecule has 3 nitrogen and oxygen atoms in total. The van der Waals surface area contributed by atoms with Crippen LogP contribution in [-0.4, -0.2) is 16.1 Å². The Morgan fingerprint density at radius 2 is 2.00 bits per heavy atom. The van der Waals surface area contributed by atoms with Gasteiger partial charge in [-0.2, -0.15) is 0 Å². The van der Waals surface area contributed by atoms with Gasteiger partial charge in [-0.1, -0.05) is 24.3 Å². The number of carbonyl (C=O) groups is 1. The number of hydrogen-bond acceptors (Lipinski definition) is 2. The quantitative estimate of drug-likeness (QED) is 0.778. The van der Waals surface area contributed by atoms with Crippen molar-refractivity contribution in [3.8, 4) is 11.1 Å². The van der Waals surface area contributed by atoms with Crippen LogP contribution in [-0.2, 0) is 11.2 Å². The second-order valence-corrected chi connectivity index (χ2v) is 5.55. The van der Waals surface area contributed by atoms with E-state index in [4.69, 9.17) is 5.11 Å². The van der Waals surface area contributed by atoms with E-state index in [1.165, 1.54) is 12.1 Å². The average Bonchev–Trinajstić information content (AvgIpc) is 2.52. The first-order valence-corrected chi connectivity index (χ1v) is 7.41. The number of benzene rings is 2. The smallest absolute Gasteiger partial charge is 0.303 e. The summed E-state index contributed by atoms with van der Waals surface area (Å²) in [6.07, 6.45) is 0.587. The van der Waals surface area contributed by atoms with E-state index in [1.807, 2.05) is 37.3 Å². The summed E-state index contributed by atoms with van der Waals surface area (Å²) in [7, 11) is 0. The highest BCUT2D eigenvalue weighted by atomic mass is 19.1. The lowest BCUT2D eigenvalue weighted by Crippen LogP contribution is -1.98. The van der Waals surface area contributed by atoms with E-state index in [2.05, 4.69) is 4.98 Å². The average molecular weight is 309 g/mol. The molecule has 0 fully saturated rings. The Morgan fingerprint density at radius 3 is 2.74 bits per heavy atom. The fraction of sp³-hybridized carbons (Fsp3) is 0.158. The zero-order chi connectivity index (χ0) is 16.4. The van der Waals surface area contributed by atoms with Gasteiger partial charge in [0.25, 0.3) is 0 Å². The van der Waals surface area contributed by atoms with E-state index in [0.29, 0.717) is 6.42 Å². The minimum Gasteiger partial charge on any atom is -0.481 e. The van der Waals surface area contributed by atoms with Crippen LogP contribution in [0.5, 0.6) is 0 Å². The van der Waals surface area contributed by atoms with Crippen LogP contribution < -0.4 is 0 Å². The molecule has 0 atom stereocenters. The molecule has 0 radical (unpaired) electrons. The van der Waals surface area contributed by atoms with Gasteiger partial charge in [-0.3, -0.25) is 9.78 Å². The number of aromatic nitrogens is 1. The van der Waals surface area contributed by atoms with Gasteiger partial charge in [0.1, 0.15) is 5.82 Å². The molecular formula is C19H16FNO2. The van der Waals surface area contributed by atoms with Crippen LogP contribution in [0.4, 0.5) is 4.39 Å². The molecule has 4 heteroatoms. The van der Waals surface area contributed by atoms with Crippen molar-refractivity contribution in [3.63, 3.8) is 0 Å². The highest BCUT2D eigenvalue weighted by Gasteiger charge is 2.08. The van der Waals surface area contributed by atoms with Gasteiger partial charge in [0.2, 0.25) is 0 Å². The van der Waals surface area contributed by atoms with Gasteiger partial charge in [-0.15, -0.1) is 0 Å². The standard InChI is InChI=1S/C19H16FNO2/c1-12-17(14-3-2-4-16(20)10-14)11-15-7-5-13(6-8-19(22)23)9-18(15)21-12/h2-5,7,9-11H,6,8H2,1H3,(H,22,23). The van der Waals surface area contributed by atoms with Crippen molar-refractivity contribution in [2.24, 2.45) is 0 Å². The first-order valence-electron chi connectivity index (χ1n) is 7.41. The van der Waals surface area contributed by atoms with Crippen LogP contribution in [0.15, 0.2) is 48.5 Å². The van der Waals surface area contributed by atoms with Crippen molar-refractivity contribution in [2.45, 2.75) is 19.8 Å². The molecule has 1 N–H and O–H groups in total. The molecule has 0 bridgehead atoms. The predicted octanol–water partition coefficient (Wildman–Crippen LogP) is 4.37. The predicted molar refractivity (Wildman–Crippen MR) is 87.8 cm³/mol. The van der Waals surface area contributed by atoms with E-state index in [9.17, 15) is 9.18 Å². The Morgan fingerprint density at radius 1 is 1.17 bits per heavy atom. The van der Waals surface area contributed by atoms with Crippen LogP contribution in [0.1, 0.15) is 17.7 Å². The number of carboxylic acids is 1. The Balaban J connectivity index is 2.02. The Bertz CT molecular complexity index is 890. The summed E-state index contributed by atoms with van der Waals surface area (Å²) < 4.78 is 13.4. The molecule has 1 aromatic heterocycles. The highest BCUT2D eigenvalue weighted by Crippen LogP contribution is 2.27. The van der Waals surface area contributed by atoms with E-state index in [1.54, 1.807) is 6.07 Å². The first-order chi connectivity index (χ1) is 11.0. The number of halogens is 1. The molecule has 3 aromatic rings. The second kappa shape index (κ2) is 6.16. The van der Waals surface area contributed by atoms with Crippen LogP contribution in [0, 0.1) is 12.7 Å². The van der Waals surface area contributed by atoms with E-state index in [-0.39, 0.29) is 12.2 Å². The molecule has 1 heterocycles. The lowest BCUT2D eigenvalue weighted by atomic mass is 10.0. The van der Waals surface area contributed by atoms with Gasteiger partial charge < -0.3 is 5.11 Å². The van der Waals surface area contributed by atoms with E-state index >= 15 is 0 Å². The van der Waals surface area contributed by atoms with Crippen LogP contribution in [0.25, 0.3) is 22.0 Å². The van der Waals surface area contributed by atoms with E-state index in [0.717, 1.165) is 33.3 Å². The minimum atomic E-state index is -0.810. The topological polar surface area (TPSA) is 50.2 Å². The zero-order valence-electron chi connectivity index (χ0n) is 12.7. The number of nitrogens with zero attached hydrogens (tertiary/aromatic N) is 1. The first kappa shape index (κ1) is 15.2. The molecule has 0 aliphatic heterocycles. The van der Waals surface area contributed by atoms with Gasteiger partial charge in [0.15, 0.2) is 0 Å². The summed E-state index contributed by atoms with van der Waals surface area (Å²) >= 11 is 0. The molecule has 2 aromatic carbocycles. The van der Waals surface area contributed by atoms with Crippen molar-refractivity contribution >= 4 is 16.9 Å². The van der Waals surface area contributed by atoms with Crippen molar-refractivity contribution < 1.29 is 14.3 Å². The van der Waals surface area contributed by atoms with Gasteiger partial charge in [0.05, 0.1) is 5.52 Å². The number of hydrogen-bond donors (Lipinski definition) is 1.